The molecule has 3 rings (SSSR count). The van der Waals surface area contributed by atoms with E-state index >= 15 is 0 Å². The number of thioether (sulfide) groups is 1. The van der Waals surface area contributed by atoms with Crippen molar-refractivity contribution < 1.29 is 0 Å². The Bertz CT molecular complexity index is 828. The van der Waals surface area contributed by atoms with Gasteiger partial charge in [0.05, 0.1) is 16.2 Å². The Morgan fingerprint density at radius 1 is 1.00 bits per heavy atom. The highest BCUT2D eigenvalue weighted by atomic mass is 35.5. The van der Waals surface area contributed by atoms with Crippen LogP contribution in [-0.4, -0.2) is 15.3 Å². The van der Waals surface area contributed by atoms with Crippen molar-refractivity contribution in [2.24, 2.45) is 0 Å². The molecule has 0 saturated carbocycles. The molecule has 0 aliphatic heterocycles. The molecule has 0 spiro atoms. The van der Waals surface area contributed by atoms with Gasteiger partial charge in [0.2, 0.25) is 0 Å². The van der Waals surface area contributed by atoms with Crippen molar-refractivity contribution in [2.75, 3.05) is 5.75 Å². The molecule has 3 aromatic rings. The second-order valence-electron chi connectivity index (χ2n) is 4.79. The Hall–Kier alpha value is -1.13. The fraction of sp³-hybridized carbons (Fsp3) is 0.118. The van der Waals surface area contributed by atoms with Crippen LogP contribution in [0.2, 0.25) is 15.1 Å². The summed E-state index contributed by atoms with van der Waals surface area (Å²) in [5.74, 6) is 1.73. The number of nitrogens with zero attached hydrogens (tertiary/aromatic N) is 2. The van der Waals surface area contributed by atoms with Gasteiger partial charge in [-0.05, 0) is 48.2 Å². The summed E-state index contributed by atoms with van der Waals surface area (Å²) in [6, 6.07) is 13.1. The lowest BCUT2D eigenvalue weighted by Crippen LogP contribution is -1.99. The van der Waals surface area contributed by atoms with Crippen LogP contribution in [0.1, 0.15) is 6.92 Å². The Kier molecular flexibility index (Phi) is 5.22. The first-order valence-corrected chi connectivity index (χ1v) is 9.14. The number of benzene rings is 2. The largest absolute Gasteiger partial charge is 0.287 e. The topological polar surface area (TPSA) is 17.8 Å². The predicted molar refractivity (Wildman–Crippen MR) is 100 cm³/mol. The lowest BCUT2D eigenvalue weighted by Gasteiger charge is -2.13. The normalized spacial score (nSPS) is 11.0. The zero-order valence-corrected chi connectivity index (χ0v) is 15.3. The molecule has 0 N–H and O–H groups in total. The van der Waals surface area contributed by atoms with Crippen LogP contribution in [0.4, 0.5) is 0 Å². The summed E-state index contributed by atoms with van der Waals surface area (Å²) in [5.41, 5.74) is 1.83. The predicted octanol–water partition coefficient (Wildman–Crippen LogP) is 6.61. The first-order valence-electron chi connectivity index (χ1n) is 7.02. The molecule has 0 unspecified atom stereocenters. The van der Waals surface area contributed by atoms with Crippen molar-refractivity contribution in [3.05, 3.63) is 63.7 Å². The van der Waals surface area contributed by atoms with Crippen molar-refractivity contribution in [2.45, 2.75) is 11.9 Å². The molecule has 0 amide bonds. The Morgan fingerprint density at radius 2 is 1.70 bits per heavy atom. The van der Waals surface area contributed by atoms with Crippen LogP contribution in [0.3, 0.4) is 0 Å². The maximum absolute atomic E-state index is 6.37. The quantitative estimate of drug-likeness (QED) is 0.472. The van der Waals surface area contributed by atoms with E-state index in [0.717, 1.165) is 27.9 Å². The minimum absolute atomic E-state index is 0.575. The molecule has 6 heteroatoms. The van der Waals surface area contributed by atoms with E-state index in [1.165, 1.54) is 0 Å². The first kappa shape index (κ1) is 16.7. The molecule has 0 atom stereocenters. The van der Waals surface area contributed by atoms with E-state index in [1.807, 2.05) is 42.6 Å². The zero-order valence-electron chi connectivity index (χ0n) is 12.3. The molecular formula is C17H13Cl3N2S. The van der Waals surface area contributed by atoms with Gasteiger partial charge in [0.25, 0.3) is 0 Å². The van der Waals surface area contributed by atoms with Crippen molar-refractivity contribution in [1.82, 2.24) is 9.55 Å². The van der Waals surface area contributed by atoms with Crippen LogP contribution in [0.25, 0.3) is 17.1 Å². The third-order valence-corrected chi connectivity index (χ3v) is 4.95. The highest BCUT2D eigenvalue weighted by Crippen LogP contribution is 2.34. The van der Waals surface area contributed by atoms with Gasteiger partial charge < -0.3 is 0 Å². The van der Waals surface area contributed by atoms with Gasteiger partial charge in [-0.15, -0.1) is 11.8 Å². The first-order chi connectivity index (χ1) is 11.1. The number of halogens is 3. The summed E-state index contributed by atoms with van der Waals surface area (Å²) in [6.45, 7) is 2.11. The highest BCUT2D eigenvalue weighted by molar-refractivity contribution is 7.99. The van der Waals surface area contributed by atoms with E-state index in [-0.39, 0.29) is 0 Å². The second-order valence-corrected chi connectivity index (χ2v) is 7.35. The van der Waals surface area contributed by atoms with Crippen LogP contribution in [0.5, 0.6) is 0 Å². The van der Waals surface area contributed by atoms with Gasteiger partial charge in [-0.25, -0.2) is 4.98 Å². The number of aromatic nitrogens is 2. The number of hydrogen-bond donors (Lipinski definition) is 0. The van der Waals surface area contributed by atoms with Gasteiger partial charge in [0, 0.05) is 21.3 Å². The smallest absolute Gasteiger partial charge is 0.146 e. The van der Waals surface area contributed by atoms with Gasteiger partial charge >= 0.3 is 0 Å². The fourth-order valence-electron chi connectivity index (χ4n) is 2.29. The standard InChI is InChI=1S/C17H13Cl3N2S/c1-2-23-16-10-21-17(14-8-5-12(19)9-15(14)20)22(16)13-6-3-11(18)4-7-13/h3-10H,2H2,1H3. The monoisotopic (exact) mass is 382 g/mol. The van der Waals surface area contributed by atoms with Crippen molar-refractivity contribution >= 4 is 46.6 Å². The molecule has 0 aliphatic rings. The molecule has 23 heavy (non-hydrogen) atoms. The van der Waals surface area contributed by atoms with Crippen LogP contribution in [0, 0.1) is 0 Å². The molecule has 1 heterocycles. The molecule has 2 aromatic carbocycles. The zero-order chi connectivity index (χ0) is 16.4. The average molecular weight is 384 g/mol. The lowest BCUT2D eigenvalue weighted by molar-refractivity contribution is 0.960. The minimum atomic E-state index is 0.575. The summed E-state index contributed by atoms with van der Waals surface area (Å²) >= 11 is 20.1. The maximum Gasteiger partial charge on any atom is 0.146 e. The summed E-state index contributed by atoms with van der Waals surface area (Å²) in [5, 5.41) is 2.93. The van der Waals surface area contributed by atoms with Gasteiger partial charge in [0.15, 0.2) is 0 Å². The van der Waals surface area contributed by atoms with Gasteiger partial charge in [0.1, 0.15) is 5.82 Å². The summed E-state index contributed by atoms with van der Waals surface area (Å²) < 4.78 is 2.08. The maximum atomic E-state index is 6.37. The van der Waals surface area contributed by atoms with Crippen molar-refractivity contribution in [3.8, 4) is 17.1 Å². The number of rotatable bonds is 4. The summed E-state index contributed by atoms with van der Waals surface area (Å²) in [4.78, 5) is 4.58. The Balaban J connectivity index is 2.19. The highest BCUT2D eigenvalue weighted by Gasteiger charge is 2.16. The van der Waals surface area contributed by atoms with Gasteiger partial charge in [-0.1, -0.05) is 41.7 Å². The summed E-state index contributed by atoms with van der Waals surface area (Å²) in [6.07, 6.45) is 1.86. The van der Waals surface area contributed by atoms with E-state index in [2.05, 4.69) is 16.5 Å². The SMILES string of the molecule is CCSc1cnc(-c2ccc(Cl)cc2Cl)n1-c1ccc(Cl)cc1. The number of imidazole rings is 1. The second kappa shape index (κ2) is 7.18. The van der Waals surface area contributed by atoms with E-state index in [9.17, 15) is 0 Å². The van der Waals surface area contributed by atoms with Crippen LogP contribution in [-0.2, 0) is 0 Å². The molecule has 1 aromatic heterocycles. The molecule has 118 valence electrons. The van der Waals surface area contributed by atoms with Crippen LogP contribution in [0.15, 0.2) is 53.7 Å². The van der Waals surface area contributed by atoms with Crippen molar-refractivity contribution in [1.29, 1.82) is 0 Å². The molecule has 0 aliphatic carbocycles. The van der Waals surface area contributed by atoms with E-state index in [1.54, 1.807) is 17.8 Å². The lowest BCUT2D eigenvalue weighted by atomic mass is 10.2. The Morgan fingerprint density at radius 3 is 2.35 bits per heavy atom. The fourth-order valence-corrected chi connectivity index (χ4v) is 3.65. The molecule has 0 radical (unpaired) electrons. The summed E-state index contributed by atoms with van der Waals surface area (Å²) in [7, 11) is 0. The molecule has 0 bridgehead atoms. The van der Waals surface area contributed by atoms with Crippen LogP contribution < -0.4 is 0 Å². The van der Waals surface area contributed by atoms with Gasteiger partial charge in [-0.2, -0.15) is 0 Å². The molecular weight excluding hydrogens is 371 g/mol. The molecule has 2 nitrogen and oxygen atoms in total. The van der Waals surface area contributed by atoms with E-state index < -0.39 is 0 Å². The van der Waals surface area contributed by atoms with Crippen molar-refractivity contribution in [3.63, 3.8) is 0 Å². The van der Waals surface area contributed by atoms with Gasteiger partial charge in [-0.3, -0.25) is 4.57 Å². The van der Waals surface area contributed by atoms with Crippen LogP contribution >= 0.6 is 46.6 Å². The number of hydrogen-bond acceptors (Lipinski definition) is 2. The van der Waals surface area contributed by atoms with E-state index in [4.69, 9.17) is 34.8 Å². The third kappa shape index (κ3) is 3.53. The third-order valence-electron chi connectivity index (χ3n) is 3.28. The molecule has 0 saturated heterocycles. The Labute approximate surface area is 154 Å². The van der Waals surface area contributed by atoms with E-state index in [0.29, 0.717) is 15.1 Å². The average Bonchev–Trinajstić information content (AvgIpc) is 2.92. The minimum Gasteiger partial charge on any atom is -0.287 e. The molecule has 0 fully saturated rings.